The smallest absolute Gasteiger partial charge is 0.322 e. The molecule has 0 aliphatic heterocycles. The average molecular weight is 514 g/mol. The Kier molecular flexibility index (Phi) is 9.98. The molecule has 0 aliphatic carbocycles. The second-order valence-corrected chi connectivity index (χ2v) is 7.85. The number of anilines is 1. The number of hydrogen-bond donors (Lipinski definition) is 1. The van der Waals surface area contributed by atoms with Crippen LogP contribution in [0.3, 0.4) is 0 Å². The van der Waals surface area contributed by atoms with Crippen LogP contribution in [0.1, 0.15) is 19.4 Å². The zero-order valence-corrected chi connectivity index (χ0v) is 19.3. The normalized spacial score (nSPS) is 10.9. The van der Waals surface area contributed by atoms with Crippen molar-refractivity contribution < 1.29 is 14.3 Å². The number of carbonyl (C=O) groups excluding carboxylic acids is 1. The number of hydrogen-bond acceptors (Lipinski definition) is 3. The van der Waals surface area contributed by atoms with E-state index >= 15 is 0 Å². The predicted molar refractivity (Wildman–Crippen MR) is 120 cm³/mol. The van der Waals surface area contributed by atoms with Crippen LogP contribution in [0.4, 0.5) is 10.5 Å². The number of benzene rings is 2. The topological polar surface area (TPSA) is 50.8 Å². The monoisotopic (exact) mass is 512 g/mol. The number of rotatable bonds is 10. The molecule has 0 spiro atoms. The van der Waals surface area contributed by atoms with E-state index in [1.165, 1.54) is 5.56 Å². The maximum Gasteiger partial charge on any atom is 0.322 e. The minimum Gasteiger partial charge on any atom is -0.351 e. The average Bonchev–Trinajstić information content (AvgIpc) is 2.68. The highest BCUT2D eigenvalue weighted by molar-refractivity contribution is 9.11. The van der Waals surface area contributed by atoms with Gasteiger partial charge in [0.1, 0.15) is 0 Å². The molecular formula is C21H26Br2N2O3. The Bertz CT molecular complexity index is 738. The summed E-state index contributed by atoms with van der Waals surface area (Å²) in [5.74, 6) is 0. The van der Waals surface area contributed by atoms with E-state index in [0.717, 1.165) is 15.4 Å². The molecule has 0 heterocycles. The molecule has 2 aromatic rings. The van der Waals surface area contributed by atoms with Gasteiger partial charge in [-0.3, -0.25) is 0 Å². The Hall–Kier alpha value is -1.41. The second-order valence-electron chi connectivity index (χ2n) is 6.08. The molecule has 0 atom stereocenters. The van der Waals surface area contributed by atoms with Crippen molar-refractivity contribution in [3.05, 3.63) is 63.0 Å². The van der Waals surface area contributed by atoms with Crippen molar-refractivity contribution in [2.24, 2.45) is 0 Å². The van der Waals surface area contributed by atoms with E-state index in [1.807, 2.05) is 50.2 Å². The van der Waals surface area contributed by atoms with Crippen LogP contribution in [0.15, 0.2) is 57.5 Å². The van der Waals surface area contributed by atoms with Crippen LogP contribution in [0.25, 0.3) is 0 Å². The highest BCUT2D eigenvalue weighted by Gasteiger charge is 2.20. The maximum absolute atomic E-state index is 13.0. The van der Waals surface area contributed by atoms with Gasteiger partial charge in [-0.15, -0.1) is 0 Å². The summed E-state index contributed by atoms with van der Waals surface area (Å²) in [7, 11) is 0. The van der Waals surface area contributed by atoms with E-state index in [9.17, 15) is 4.79 Å². The van der Waals surface area contributed by atoms with E-state index in [1.54, 1.807) is 4.90 Å². The maximum atomic E-state index is 13.0. The summed E-state index contributed by atoms with van der Waals surface area (Å²) in [6.07, 6.45) is 0.297. The van der Waals surface area contributed by atoms with Crippen LogP contribution in [-0.4, -0.2) is 43.5 Å². The SMILES string of the molecule is CCOC(CN(CCc1ccccc1)C(=O)Nc1ccc(Br)cc1Br)OCC. The zero-order chi connectivity index (χ0) is 20.4. The third-order valence-corrected chi connectivity index (χ3v) is 5.20. The largest absolute Gasteiger partial charge is 0.351 e. The number of nitrogens with zero attached hydrogens (tertiary/aromatic N) is 1. The first-order valence-corrected chi connectivity index (χ1v) is 10.9. The van der Waals surface area contributed by atoms with Crippen molar-refractivity contribution in [1.29, 1.82) is 0 Å². The summed E-state index contributed by atoms with van der Waals surface area (Å²) in [5, 5.41) is 2.97. The molecule has 0 saturated heterocycles. The lowest BCUT2D eigenvalue weighted by atomic mass is 10.1. The highest BCUT2D eigenvalue weighted by atomic mass is 79.9. The summed E-state index contributed by atoms with van der Waals surface area (Å²) in [4.78, 5) is 14.7. The van der Waals surface area contributed by atoms with E-state index < -0.39 is 6.29 Å². The van der Waals surface area contributed by atoms with Crippen LogP contribution in [0.5, 0.6) is 0 Å². The quantitative estimate of drug-likeness (QED) is 0.415. The number of halogens is 2. The van der Waals surface area contributed by atoms with Crippen LogP contribution < -0.4 is 5.32 Å². The van der Waals surface area contributed by atoms with Gasteiger partial charge in [-0.2, -0.15) is 0 Å². The molecule has 5 nitrogen and oxygen atoms in total. The summed E-state index contributed by atoms with van der Waals surface area (Å²) >= 11 is 6.91. The van der Waals surface area contributed by atoms with Gasteiger partial charge in [-0.1, -0.05) is 46.3 Å². The molecule has 0 fully saturated rings. The van der Waals surface area contributed by atoms with E-state index in [0.29, 0.717) is 32.0 Å². The fourth-order valence-corrected chi connectivity index (χ4v) is 3.82. The van der Waals surface area contributed by atoms with Crippen molar-refractivity contribution in [3.8, 4) is 0 Å². The molecular weight excluding hydrogens is 488 g/mol. The first-order valence-electron chi connectivity index (χ1n) is 9.31. The summed E-state index contributed by atoms with van der Waals surface area (Å²) < 4.78 is 13.0. The summed E-state index contributed by atoms with van der Waals surface area (Å²) in [6.45, 7) is 5.79. The van der Waals surface area contributed by atoms with Crippen molar-refractivity contribution >= 4 is 43.6 Å². The number of carbonyl (C=O) groups is 1. The lowest BCUT2D eigenvalue weighted by Crippen LogP contribution is -2.43. The number of amides is 2. The van der Waals surface area contributed by atoms with Crippen molar-refractivity contribution in [1.82, 2.24) is 4.90 Å². The first-order chi connectivity index (χ1) is 13.5. The minimum atomic E-state index is -0.454. The van der Waals surface area contributed by atoms with E-state index in [-0.39, 0.29) is 6.03 Å². The Labute approximate surface area is 183 Å². The minimum absolute atomic E-state index is 0.191. The van der Waals surface area contributed by atoms with Gasteiger partial charge >= 0.3 is 6.03 Å². The Morgan fingerprint density at radius 1 is 1.07 bits per heavy atom. The zero-order valence-electron chi connectivity index (χ0n) is 16.2. The summed E-state index contributed by atoms with van der Waals surface area (Å²) in [6, 6.07) is 15.6. The molecule has 7 heteroatoms. The van der Waals surface area contributed by atoms with Crippen molar-refractivity contribution in [2.75, 3.05) is 31.6 Å². The predicted octanol–water partition coefficient (Wildman–Crippen LogP) is 5.69. The Morgan fingerprint density at radius 3 is 2.36 bits per heavy atom. The van der Waals surface area contributed by atoms with Crippen molar-refractivity contribution in [3.63, 3.8) is 0 Å². The van der Waals surface area contributed by atoms with Gasteiger partial charge in [-0.05, 0) is 60.0 Å². The van der Waals surface area contributed by atoms with Crippen LogP contribution in [0, 0.1) is 0 Å². The lowest BCUT2D eigenvalue weighted by Gasteiger charge is -2.28. The standard InChI is InChI=1S/C21H26Br2N2O3/c1-3-27-20(28-4-2)15-25(13-12-16-8-6-5-7-9-16)21(26)24-19-11-10-17(22)14-18(19)23/h5-11,14,20H,3-4,12-13,15H2,1-2H3,(H,24,26). The molecule has 1 N–H and O–H groups in total. The Morgan fingerprint density at radius 2 is 1.75 bits per heavy atom. The second kappa shape index (κ2) is 12.2. The van der Waals surface area contributed by atoms with Gasteiger partial charge in [0, 0.05) is 28.7 Å². The van der Waals surface area contributed by atoms with Gasteiger partial charge in [-0.25, -0.2) is 4.79 Å². The van der Waals surface area contributed by atoms with Gasteiger partial charge in [0.05, 0.1) is 12.2 Å². The third-order valence-electron chi connectivity index (χ3n) is 4.05. The fourth-order valence-electron chi connectivity index (χ4n) is 2.67. The highest BCUT2D eigenvalue weighted by Crippen LogP contribution is 2.26. The van der Waals surface area contributed by atoms with E-state index in [2.05, 4.69) is 49.3 Å². The fraction of sp³-hybridized carbons (Fsp3) is 0.381. The van der Waals surface area contributed by atoms with Crippen LogP contribution in [0.2, 0.25) is 0 Å². The molecule has 2 amide bonds. The number of ether oxygens (including phenoxy) is 2. The van der Waals surface area contributed by atoms with Crippen LogP contribution in [-0.2, 0) is 15.9 Å². The molecule has 0 saturated carbocycles. The molecule has 28 heavy (non-hydrogen) atoms. The molecule has 0 radical (unpaired) electrons. The molecule has 2 aromatic carbocycles. The molecule has 0 aliphatic rings. The van der Waals surface area contributed by atoms with Gasteiger partial charge in [0.15, 0.2) is 6.29 Å². The first kappa shape index (κ1) is 22.9. The molecule has 2 rings (SSSR count). The lowest BCUT2D eigenvalue weighted by molar-refractivity contribution is -0.142. The third kappa shape index (κ3) is 7.54. The molecule has 0 bridgehead atoms. The Balaban J connectivity index is 2.11. The number of nitrogens with one attached hydrogen (secondary N) is 1. The number of urea groups is 1. The summed E-state index contributed by atoms with van der Waals surface area (Å²) in [5.41, 5.74) is 1.89. The van der Waals surface area contributed by atoms with Gasteiger partial charge < -0.3 is 19.7 Å². The molecule has 0 aromatic heterocycles. The van der Waals surface area contributed by atoms with Crippen molar-refractivity contribution in [2.45, 2.75) is 26.6 Å². The van der Waals surface area contributed by atoms with Crippen LogP contribution >= 0.6 is 31.9 Å². The van der Waals surface area contributed by atoms with Gasteiger partial charge in [0.2, 0.25) is 0 Å². The van der Waals surface area contributed by atoms with Gasteiger partial charge in [0.25, 0.3) is 0 Å². The molecule has 152 valence electrons. The molecule has 0 unspecified atom stereocenters. The van der Waals surface area contributed by atoms with E-state index in [4.69, 9.17) is 9.47 Å².